The molecule has 0 aliphatic rings. The molecule has 3 nitrogen and oxygen atoms in total. The fourth-order valence-corrected chi connectivity index (χ4v) is 0.929. The molecule has 0 atom stereocenters. The fraction of sp³-hybridized carbons (Fsp3) is 0.250. The Balaban J connectivity index is 3.32. The Kier molecular flexibility index (Phi) is 2.55. The Hall–Kier alpha value is -1.52. The standard InChI is InChI=1S/C8H7F2NO2/c1-4-2-5(3-12)11-6(7(4)13)8(9)10/h2-3,8,13H,1H3. The molecule has 5 heteroatoms. The summed E-state index contributed by atoms with van der Waals surface area (Å²) in [5.41, 5.74) is -0.639. The molecule has 0 spiro atoms. The van der Waals surface area contributed by atoms with Crippen molar-refractivity contribution in [1.82, 2.24) is 4.98 Å². The van der Waals surface area contributed by atoms with E-state index in [1.165, 1.54) is 13.0 Å². The molecular weight excluding hydrogens is 180 g/mol. The first-order valence-electron chi connectivity index (χ1n) is 3.50. The van der Waals surface area contributed by atoms with E-state index in [1.807, 2.05) is 0 Å². The van der Waals surface area contributed by atoms with Gasteiger partial charge in [-0.3, -0.25) is 4.79 Å². The topological polar surface area (TPSA) is 50.2 Å². The van der Waals surface area contributed by atoms with Gasteiger partial charge in [-0.05, 0) is 18.6 Å². The molecule has 13 heavy (non-hydrogen) atoms. The Labute approximate surface area is 73.0 Å². The summed E-state index contributed by atoms with van der Waals surface area (Å²) in [7, 11) is 0. The monoisotopic (exact) mass is 187 g/mol. The number of aldehydes is 1. The van der Waals surface area contributed by atoms with Crippen LogP contribution >= 0.6 is 0 Å². The minimum absolute atomic E-state index is 0.106. The Morgan fingerprint density at radius 1 is 1.62 bits per heavy atom. The maximum absolute atomic E-state index is 12.2. The third kappa shape index (κ3) is 1.80. The van der Waals surface area contributed by atoms with Crippen LogP contribution in [0.2, 0.25) is 0 Å². The van der Waals surface area contributed by atoms with Crippen LogP contribution in [0.5, 0.6) is 5.75 Å². The molecular formula is C8H7F2NO2. The smallest absolute Gasteiger partial charge is 0.284 e. The van der Waals surface area contributed by atoms with Crippen molar-refractivity contribution in [3.63, 3.8) is 0 Å². The summed E-state index contributed by atoms with van der Waals surface area (Å²) in [6, 6.07) is 1.24. The van der Waals surface area contributed by atoms with Crippen LogP contribution in [0, 0.1) is 6.92 Å². The Morgan fingerprint density at radius 3 is 2.69 bits per heavy atom. The van der Waals surface area contributed by atoms with Gasteiger partial charge in [-0.25, -0.2) is 13.8 Å². The zero-order valence-corrected chi connectivity index (χ0v) is 6.79. The van der Waals surface area contributed by atoms with Crippen molar-refractivity contribution in [3.05, 3.63) is 23.0 Å². The highest BCUT2D eigenvalue weighted by Gasteiger charge is 2.17. The van der Waals surface area contributed by atoms with Gasteiger partial charge in [-0.1, -0.05) is 0 Å². The van der Waals surface area contributed by atoms with Crippen LogP contribution in [0.25, 0.3) is 0 Å². The van der Waals surface area contributed by atoms with Crippen LogP contribution in [-0.2, 0) is 0 Å². The van der Waals surface area contributed by atoms with Crippen molar-refractivity contribution in [2.45, 2.75) is 13.3 Å². The average Bonchev–Trinajstić information content (AvgIpc) is 2.09. The number of aromatic nitrogens is 1. The molecule has 1 rings (SSSR count). The number of aryl methyl sites for hydroxylation is 1. The Bertz CT molecular complexity index is 339. The highest BCUT2D eigenvalue weighted by molar-refractivity contribution is 5.72. The zero-order valence-electron chi connectivity index (χ0n) is 6.79. The number of carbonyl (C=O) groups is 1. The van der Waals surface area contributed by atoms with E-state index in [4.69, 9.17) is 5.11 Å². The Morgan fingerprint density at radius 2 is 2.23 bits per heavy atom. The van der Waals surface area contributed by atoms with E-state index in [2.05, 4.69) is 4.98 Å². The molecule has 1 aromatic rings. The third-order valence-corrected chi connectivity index (χ3v) is 1.56. The first-order valence-corrected chi connectivity index (χ1v) is 3.50. The second kappa shape index (κ2) is 3.47. The fourth-order valence-electron chi connectivity index (χ4n) is 0.929. The van der Waals surface area contributed by atoms with Gasteiger partial charge in [0.15, 0.2) is 6.29 Å². The van der Waals surface area contributed by atoms with Gasteiger partial charge < -0.3 is 5.11 Å². The normalized spacial score (nSPS) is 10.5. The number of carbonyl (C=O) groups excluding carboxylic acids is 1. The molecule has 0 radical (unpaired) electrons. The molecule has 0 aliphatic heterocycles. The van der Waals surface area contributed by atoms with Crippen LogP contribution in [0.15, 0.2) is 6.07 Å². The lowest BCUT2D eigenvalue weighted by atomic mass is 10.2. The van der Waals surface area contributed by atoms with Crippen molar-refractivity contribution in [1.29, 1.82) is 0 Å². The quantitative estimate of drug-likeness (QED) is 0.718. The summed E-state index contributed by atoms with van der Waals surface area (Å²) >= 11 is 0. The van der Waals surface area contributed by atoms with Gasteiger partial charge in [0.2, 0.25) is 0 Å². The molecule has 70 valence electrons. The summed E-state index contributed by atoms with van der Waals surface area (Å²) in [4.78, 5) is 13.5. The number of alkyl halides is 2. The van der Waals surface area contributed by atoms with Gasteiger partial charge in [0.25, 0.3) is 6.43 Å². The molecule has 0 fully saturated rings. The predicted molar refractivity (Wildman–Crippen MR) is 41.0 cm³/mol. The maximum atomic E-state index is 12.2. The van der Waals surface area contributed by atoms with Crippen molar-refractivity contribution in [2.75, 3.05) is 0 Å². The largest absolute Gasteiger partial charge is 0.506 e. The summed E-state index contributed by atoms with van der Waals surface area (Å²) in [5, 5.41) is 9.13. The third-order valence-electron chi connectivity index (χ3n) is 1.56. The minimum Gasteiger partial charge on any atom is -0.506 e. The number of halogens is 2. The molecule has 0 aromatic carbocycles. The van der Waals surface area contributed by atoms with E-state index >= 15 is 0 Å². The van der Waals surface area contributed by atoms with Crippen molar-refractivity contribution < 1.29 is 18.7 Å². The van der Waals surface area contributed by atoms with E-state index in [-0.39, 0.29) is 11.3 Å². The number of hydrogen-bond donors (Lipinski definition) is 1. The highest BCUT2D eigenvalue weighted by atomic mass is 19.3. The molecule has 1 aromatic heterocycles. The van der Waals surface area contributed by atoms with Crippen molar-refractivity contribution >= 4 is 6.29 Å². The lowest BCUT2D eigenvalue weighted by Gasteiger charge is -2.05. The average molecular weight is 187 g/mol. The molecule has 0 bridgehead atoms. The second-order valence-electron chi connectivity index (χ2n) is 2.52. The number of nitrogens with zero attached hydrogens (tertiary/aromatic N) is 1. The van der Waals surface area contributed by atoms with E-state index in [0.29, 0.717) is 6.29 Å². The van der Waals surface area contributed by atoms with E-state index in [1.54, 1.807) is 0 Å². The SMILES string of the molecule is Cc1cc(C=O)nc(C(F)F)c1O. The molecule has 0 unspecified atom stereocenters. The molecule has 0 saturated carbocycles. The van der Waals surface area contributed by atoms with E-state index < -0.39 is 17.9 Å². The number of aromatic hydroxyl groups is 1. The second-order valence-corrected chi connectivity index (χ2v) is 2.52. The van der Waals surface area contributed by atoms with Gasteiger partial charge in [0, 0.05) is 0 Å². The van der Waals surface area contributed by atoms with Crippen LogP contribution in [-0.4, -0.2) is 16.4 Å². The van der Waals surface area contributed by atoms with Gasteiger partial charge in [-0.2, -0.15) is 0 Å². The summed E-state index contributed by atoms with van der Waals surface area (Å²) in [5.74, 6) is -0.555. The number of pyridine rings is 1. The van der Waals surface area contributed by atoms with Gasteiger partial charge in [0.05, 0.1) is 0 Å². The van der Waals surface area contributed by atoms with Gasteiger partial charge in [-0.15, -0.1) is 0 Å². The molecule has 0 amide bonds. The highest BCUT2D eigenvalue weighted by Crippen LogP contribution is 2.28. The molecule has 1 heterocycles. The van der Waals surface area contributed by atoms with Gasteiger partial charge in [0.1, 0.15) is 17.1 Å². The summed E-state index contributed by atoms with van der Waals surface area (Å²) in [6.45, 7) is 1.43. The summed E-state index contributed by atoms with van der Waals surface area (Å²) < 4.78 is 24.4. The molecule has 0 saturated heterocycles. The first kappa shape index (κ1) is 9.57. The van der Waals surface area contributed by atoms with E-state index in [0.717, 1.165) is 0 Å². The van der Waals surface area contributed by atoms with Gasteiger partial charge >= 0.3 is 0 Å². The number of hydrogen-bond acceptors (Lipinski definition) is 3. The summed E-state index contributed by atoms with van der Waals surface area (Å²) in [6.07, 6.45) is -2.52. The van der Waals surface area contributed by atoms with Crippen LogP contribution in [0.1, 0.15) is 28.2 Å². The lowest BCUT2D eigenvalue weighted by molar-refractivity contribution is 0.111. The van der Waals surface area contributed by atoms with Crippen LogP contribution < -0.4 is 0 Å². The lowest BCUT2D eigenvalue weighted by Crippen LogP contribution is -1.97. The van der Waals surface area contributed by atoms with Crippen molar-refractivity contribution in [2.24, 2.45) is 0 Å². The van der Waals surface area contributed by atoms with Crippen LogP contribution in [0.4, 0.5) is 8.78 Å². The van der Waals surface area contributed by atoms with E-state index in [9.17, 15) is 13.6 Å². The van der Waals surface area contributed by atoms with Crippen LogP contribution in [0.3, 0.4) is 0 Å². The first-order chi connectivity index (χ1) is 6.06. The molecule has 1 N–H and O–H groups in total. The zero-order chi connectivity index (χ0) is 10.0. The minimum atomic E-state index is -2.88. The maximum Gasteiger partial charge on any atom is 0.284 e. The van der Waals surface area contributed by atoms with Crippen molar-refractivity contribution in [3.8, 4) is 5.75 Å². The number of rotatable bonds is 2. The predicted octanol–water partition coefficient (Wildman–Crippen LogP) is 1.85. The molecule has 0 aliphatic carbocycles.